The van der Waals surface area contributed by atoms with Crippen LogP contribution in [0.1, 0.15) is 32.1 Å². The van der Waals surface area contributed by atoms with Crippen molar-refractivity contribution in [3.63, 3.8) is 0 Å². The number of rotatable bonds is 0. The molecule has 0 saturated carbocycles. The normalized spacial score (nSPS) is 20.0. The largest absolute Gasteiger partial charge is 0.0882 e. The SMILES string of the molecule is [CH]1C=CCCCC=CCC=CC1. The Bertz CT molecular complexity index is 172. The lowest BCUT2D eigenvalue weighted by atomic mass is 10.1. The molecule has 0 fully saturated rings. The van der Waals surface area contributed by atoms with Crippen molar-refractivity contribution in [2.75, 3.05) is 0 Å². The van der Waals surface area contributed by atoms with Gasteiger partial charge in [-0.1, -0.05) is 36.5 Å². The zero-order chi connectivity index (χ0) is 8.49. The molecule has 1 aliphatic carbocycles. The smallest absolute Gasteiger partial charge is 0.0133 e. The molecule has 0 aromatic rings. The summed E-state index contributed by atoms with van der Waals surface area (Å²) >= 11 is 0. The van der Waals surface area contributed by atoms with Crippen molar-refractivity contribution in [1.82, 2.24) is 0 Å². The van der Waals surface area contributed by atoms with Crippen LogP contribution in [0.2, 0.25) is 0 Å². The summed E-state index contributed by atoms with van der Waals surface area (Å²) in [6.07, 6.45) is 21.5. The number of allylic oxidation sites excluding steroid dienone is 6. The van der Waals surface area contributed by atoms with Crippen LogP contribution < -0.4 is 0 Å². The molecule has 0 N–H and O–H groups in total. The number of hydrogen-bond donors (Lipinski definition) is 0. The Hall–Kier alpha value is -0.780. The summed E-state index contributed by atoms with van der Waals surface area (Å²) in [5.74, 6) is 0. The van der Waals surface area contributed by atoms with Crippen molar-refractivity contribution in [2.45, 2.75) is 32.1 Å². The molecule has 0 heterocycles. The van der Waals surface area contributed by atoms with E-state index in [1.165, 1.54) is 19.3 Å². The van der Waals surface area contributed by atoms with Gasteiger partial charge in [-0.15, -0.1) is 0 Å². The van der Waals surface area contributed by atoms with Crippen molar-refractivity contribution in [3.05, 3.63) is 42.9 Å². The molecule has 1 rings (SSSR count). The van der Waals surface area contributed by atoms with E-state index in [0.717, 1.165) is 12.8 Å². The lowest BCUT2D eigenvalue weighted by Crippen LogP contribution is -1.73. The fourth-order valence-corrected chi connectivity index (χ4v) is 1.19. The fraction of sp³-hybridized carbons (Fsp3) is 0.417. The van der Waals surface area contributed by atoms with Crippen molar-refractivity contribution in [2.24, 2.45) is 0 Å². The van der Waals surface area contributed by atoms with Crippen LogP contribution in [0, 0.1) is 6.42 Å². The van der Waals surface area contributed by atoms with E-state index < -0.39 is 0 Å². The molecule has 0 bridgehead atoms. The second-order valence-corrected chi connectivity index (χ2v) is 3.01. The van der Waals surface area contributed by atoms with Crippen LogP contribution in [0.4, 0.5) is 0 Å². The van der Waals surface area contributed by atoms with Crippen LogP contribution in [0.25, 0.3) is 0 Å². The third-order valence-electron chi connectivity index (χ3n) is 1.89. The summed E-state index contributed by atoms with van der Waals surface area (Å²) in [6, 6.07) is 0. The van der Waals surface area contributed by atoms with Crippen LogP contribution >= 0.6 is 0 Å². The molecule has 0 spiro atoms. The molecule has 0 saturated heterocycles. The average molecular weight is 161 g/mol. The monoisotopic (exact) mass is 161 g/mol. The van der Waals surface area contributed by atoms with Gasteiger partial charge < -0.3 is 0 Å². The van der Waals surface area contributed by atoms with E-state index in [1.807, 2.05) is 0 Å². The van der Waals surface area contributed by atoms with E-state index in [1.54, 1.807) is 0 Å². The molecule has 0 heteroatoms. The van der Waals surface area contributed by atoms with E-state index in [2.05, 4.69) is 42.9 Å². The Morgan fingerprint density at radius 3 is 2.42 bits per heavy atom. The van der Waals surface area contributed by atoms with Crippen LogP contribution in [-0.2, 0) is 0 Å². The Morgan fingerprint density at radius 1 is 0.667 bits per heavy atom. The highest BCUT2D eigenvalue weighted by molar-refractivity contribution is 5.02. The molecule has 0 unspecified atom stereocenters. The van der Waals surface area contributed by atoms with E-state index >= 15 is 0 Å². The van der Waals surface area contributed by atoms with Gasteiger partial charge in [-0.3, -0.25) is 0 Å². The van der Waals surface area contributed by atoms with E-state index in [9.17, 15) is 0 Å². The Morgan fingerprint density at radius 2 is 1.42 bits per heavy atom. The standard InChI is InChI=1S/C12H17/c1-2-4-6-8-10-12-11-9-7-5-3-1/h1-3,6,8,11-12H,4-5,7,9-10H2. The van der Waals surface area contributed by atoms with Crippen LogP contribution in [0.3, 0.4) is 0 Å². The molecule has 0 atom stereocenters. The molecule has 0 aromatic carbocycles. The van der Waals surface area contributed by atoms with Crippen LogP contribution in [0.5, 0.6) is 0 Å². The molecule has 65 valence electrons. The van der Waals surface area contributed by atoms with Gasteiger partial charge in [0.1, 0.15) is 0 Å². The maximum atomic E-state index is 2.28. The van der Waals surface area contributed by atoms with Crippen molar-refractivity contribution >= 4 is 0 Å². The molecule has 0 amide bonds. The van der Waals surface area contributed by atoms with Gasteiger partial charge in [-0.25, -0.2) is 0 Å². The Labute approximate surface area is 75.7 Å². The molecule has 12 heavy (non-hydrogen) atoms. The first-order chi connectivity index (χ1) is 6.00. The molecule has 1 aliphatic rings. The Kier molecular flexibility index (Phi) is 5.35. The van der Waals surface area contributed by atoms with Gasteiger partial charge in [-0.2, -0.15) is 0 Å². The topological polar surface area (TPSA) is 0 Å². The summed E-state index contributed by atoms with van der Waals surface area (Å²) < 4.78 is 0. The number of hydrogen-bond acceptors (Lipinski definition) is 0. The molecule has 0 nitrogen and oxygen atoms in total. The average Bonchev–Trinajstić information content (AvgIpc) is 2.05. The molecule has 1 radical (unpaired) electrons. The lowest BCUT2D eigenvalue weighted by molar-refractivity contribution is 0.864. The first-order valence-electron chi connectivity index (χ1n) is 4.78. The summed E-state index contributed by atoms with van der Waals surface area (Å²) in [5.41, 5.74) is 0. The van der Waals surface area contributed by atoms with Crippen LogP contribution in [0.15, 0.2) is 36.5 Å². The van der Waals surface area contributed by atoms with Crippen molar-refractivity contribution in [1.29, 1.82) is 0 Å². The minimum absolute atomic E-state index is 1.07. The zero-order valence-corrected chi connectivity index (χ0v) is 7.58. The van der Waals surface area contributed by atoms with Gasteiger partial charge in [0.05, 0.1) is 0 Å². The summed E-state index contributed by atoms with van der Waals surface area (Å²) in [7, 11) is 0. The predicted molar refractivity (Wildman–Crippen MR) is 54.8 cm³/mol. The van der Waals surface area contributed by atoms with Crippen molar-refractivity contribution in [3.8, 4) is 0 Å². The zero-order valence-electron chi connectivity index (χ0n) is 7.58. The van der Waals surface area contributed by atoms with Gasteiger partial charge in [0, 0.05) is 0 Å². The highest BCUT2D eigenvalue weighted by Crippen LogP contribution is 2.02. The highest BCUT2D eigenvalue weighted by atomic mass is 13.9. The summed E-state index contributed by atoms with van der Waals surface area (Å²) in [4.78, 5) is 0. The van der Waals surface area contributed by atoms with Gasteiger partial charge in [-0.05, 0) is 38.5 Å². The van der Waals surface area contributed by atoms with E-state index in [4.69, 9.17) is 0 Å². The van der Waals surface area contributed by atoms with Gasteiger partial charge in [0.25, 0.3) is 0 Å². The predicted octanol–water partition coefficient (Wildman–Crippen LogP) is 3.82. The minimum atomic E-state index is 1.07. The molecule has 0 aromatic heterocycles. The highest BCUT2D eigenvalue weighted by Gasteiger charge is 1.83. The molecular formula is C12H17. The van der Waals surface area contributed by atoms with E-state index in [0.29, 0.717) is 0 Å². The lowest BCUT2D eigenvalue weighted by Gasteiger charge is -1.92. The first-order valence-corrected chi connectivity index (χ1v) is 4.78. The quantitative estimate of drug-likeness (QED) is 0.474. The second kappa shape index (κ2) is 6.90. The minimum Gasteiger partial charge on any atom is -0.0882 e. The summed E-state index contributed by atoms with van der Waals surface area (Å²) in [5, 5.41) is 0. The maximum Gasteiger partial charge on any atom is -0.0133 e. The molecular weight excluding hydrogens is 144 g/mol. The maximum absolute atomic E-state index is 2.28. The third kappa shape index (κ3) is 4.95. The van der Waals surface area contributed by atoms with Gasteiger partial charge in [0.2, 0.25) is 0 Å². The second-order valence-electron chi connectivity index (χ2n) is 3.01. The first kappa shape index (κ1) is 9.31. The van der Waals surface area contributed by atoms with Gasteiger partial charge in [0.15, 0.2) is 0 Å². The van der Waals surface area contributed by atoms with E-state index in [-0.39, 0.29) is 0 Å². The Balaban J connectivity index is 2.30. The van der Waals surface area contributed by atoms with Crippen molar-refractivity contribution < 1.29 is 0 Å². The van der Waals surface area contributed by atoms with Gasteiger partial charge >= 0.3 is 0 Å². The molecule has 0 aliphatic heterocycles. The fourth-order valence-electron chi connectivity index (χ4n) is 1.19. The summed E-state index contributed by atoms with van der Waals surface area (Å²) in [6.45, 7) is 0. The third-order valence-corrected chi connectivity index (χ3v) is 1.89. The van der Waals surface area contributed by atoms with Crippen LogP contribution in [-0.4, -0.2) is 0 Å².